The zero-order chi connectivity index (χ0) is 21.2. The number of ether oxygens (including phenoxy) is 1. The maximum atomic E-state index is 6.43. The lowest BCUT2D eigenvalue weighted by Crippen LogP contribution is -2.25. The molecule has 0 spiro atoms. The summed E-state index contributed by atoms with van der Waals surface area (Å²) < 4.78 is 8.70. The number of hydrogen-bond acceptors (Lipinski definition) is 5. The summed E-state index contributed by atoms with van der Waals surface area (Å²) in [6.07, 6.45) is 6.50. The van der Waals surface area contributed by atoms with Crippen LogP contribution < -0.4 is 4.74 Å². The van der Waals surface area contributed by atoms with Crippen molar-refractivity contribution in [3.8, 4) is 5.88 Å². The van der Waals surface area contributed by atoms with E-state index >= 15 is 0 Å². The van der Waals surface area contributed by atoms with E-state index in [0.29, 0.717) is 5.88 Å². The number of fused-ring (bicyclic) bond motifs is 1. The van der Waals surface area contributed by atoms with Gasteiger partial charge in [0.25, 0.3) is 0 Å². The molecule has 158 valence electrons. The summed E-state index contributed by atoms with van der Waals surface area (Å²) in [7, 11) is 0. The van der Waals surface area contributed by atoms with Crippen molar-refractivity contribution in [1.29, 1.82) is 0 Å². The molecule has 4 heterocycles. The van der Waals surface area contributed by atoms with Crippen molar-refractivity contribution in [1.82, 2.24) is 24.4 Å². The number of aryl methyl sites for hydroxylation is 1. The van der Waals surface area contributed by atoms with Gasteiger partial charge in [-0.2, -0.15) is 0 Å². The van der Waals surface area contributed by atoms with Gasteiger partial charge in [-0.15, -0.1) is 0 Å². The van der Waals surface area contributed by atoms with Crippen molar-refractivity contribution in [2.45, 2.75) is 39.5 Å². The van der Waals surface area contributed by atoms with Crippen LogP contribution in [0.1, 0.15) is 28.8 Å². The average molecular weight is 414 g/mol. The molecule has 0 aliphatic carbocycles. The Bertz CT molecular complexity index is 1170. The first-order chi connectivity index (χ1) is 15.2. The highest BCUT2D eigenvalue weighted by molar-refractivity contribution is 5.86. The lowest BCUT2D eigenvalue weighted by atomic mass is 10.2. The third-order valence-electron chi connectivity index (χ3n) is 6.19. The molecule has 1 unspecified atom stereocenters. The van der Waals surface area contributed by atoms with Crippen molar-refractivity contribution in [2.24, 2.45) is 0 Å². The van der Waals surface area contributed by atoms with Crippen LogP contribution in [0.25, 0.3) is 11.0 Å². The fourth-order valence-electron chi connectivity index (χ4n) is 4.43. The van der Waals surface area contributed by atoms with Crippen LogP contribution in [-0.4, -0.2) is 43.6 Å². The Morgan fingerprint density at radius 3 is 2.65 bits per heavy atom. The second-order valence-electron chi connectivity index (χ2n) is 8.28. The van der Waals surface area contributed by atoms with Gasteiger partial charge in [0.2, 0.25) is 5.88 Å². The summed E-state index contributed by atoms with van der Waals surface area (Å²) >= 11 is 0. The molecule has 3 aromatic heterocycles. The first-order valence-electron chi connectivity index (χ1n) is 10.8. The fraction of sp³-hybridized carbons (Fsp3) is 0.320. The highest BCUT2D eigenvalue weighted by Crippen LogP contribution is 2.32. The van der Waals surface area contributed by atoms with Crippen LogP contribution in [0.4, 0.5) is 0 Å². The lowest BCUT2D eigenvalue weighted by Gasteiger charge is -2.17. The Kier molecular flexibility index (Phi) is 5.38. The van der Waals surface area contributed by atoms with E-state index in [1.807, 2.05) is 24.5 Å². The van der Waals surface area contributed by atoms with Gasteiger partial charge in [0, 0.05) is 44.3 Å². The Hall–Kier alpha value is -3.25. The minimum absolute atomic E-state index is 0.131. The SMILES string of the molecule is Cc1c(C)n(Cc2ccccc2)c2ncnc(OC3CCN(Cc4cccnc4)C3)c12. The zero-order valence-corrected chi connectivity index (χ0v) is 18.0. The molecule has 0 radical (unpaired) electrons. The van der Waals surface area contributed by atoms with E-state index in [2.05, 4.69) is 68.6 Å². The zero-order valence-electron chi connectivity index (χ0n) is 18.0. The molecule has 6 nitrogen and oxygen atoms in total. The van der Waals surface area contributed by atoms with E-state index in [-0.39, 0.29) is 6.10 Å². The van der Waals surface area contributed by atoms with E-state index in [9.17, 15) is 0 Å². The highest BCUT2D eigenvalue weighted by Gasteiger charge is 2.26. The van der Waals surface area contributed by atoms with Crippen LogP contribution in [0.5, 0.6) is 5.88 Å². The van der Waals surface area contributed by atoms with E-state index < -0.39 is 0 Å². The minimum Gasteiger partial charge on any atom is -0.472 e. The van der Waals surface area contributed by atoms with E-state index in [0.717, 1.165) is 43.6 Å². The average Bonchev–Trinajstić information content (AvgIpc) is 3.33. The van der Waals surface area contributed by atoms with E-state index in [4.69, 9.17) is 4.74 Å². The summed E-state index contributed by atoms with van der Waals surface area (Å²) in [5, 5.41) is 1.03. The number of nitrogens with zero attached hydrogens (tertiary/aromatic N) is 5. The molecular weight excluding hydrogens is 386 g/mol. The van der Waals surface area contributed by atoms with Gasteiger partial charge in [-0.25, -0.2) is 9.97 Å². The smallest absolute Gasteiger partial charge is 0.226 e. The Morgan fingerprint density at radius 1 is 1.00 bits per heavy atom. The highest BCUT2D eigenvalue weighted by atomic mass is 16.5. The molecule has 5 rings (SSSR count). The predicted molar refractivity (Wildman–Crippen MR) is 121 cm³/mol. The lowest BCUT2D eigenvalue weighted by molar-refractivity contribution is 0.193. The number of pyridine rings is 1. The second kappa shape index (κ2) is 8.47. The van der Waals surface area contributed by atoms with Gasteiger partial charge in [0.15, 0.2) is 0 Å². The number of benzene rings is 1. The third kappa shape index (κ3) is 4.03. The molecule has 1 aliphatic heterocycles. The van der Waals surface area contributed by atoms with Crippen LogP contribution >= 0.6 is 0 Å². The van der Waals surface area contributed by atoms with Crippen molar-refractivity contribution < 1.29 is 4.74 Å². The summed E-state index contributed by atoms with van der Waals surface area (Å²) in [6, 6.07) is 14.6. The molecule has 1 fully saturated rings. The topological polar surface area (TPSA) is 56.1 Å². The molecule has 1 aromatic carbocycles. The molecule has 6 heteroatoms. The Morgan fingerprint density at radius 2 is 1.84 bits per heavy atom. The van der Waals surface area contributed by atoms with Crippen LogP contribution in [0.2, 0.25) is 0 Å². The first kappa shape index (κ1) is 19.7. The van der Waals surface area contributed by atoms with Crippen LogP contribution in [0.15, 0.2) is 61.2 Å². The van der Waals surface area contributed by atoms with Crippen LogP contribution in [0, 0.1) is 13.8 Å². The third-order valence-corrected chi connectivity index (χ3v) is 6.19. The molecule has 0 bridgehead atoms. The monoisotopic (exact) mass is 413 g/mol. The number of hydrogen-bond donors (Lipinski definition) is 0. The number of aromatic nitrogens is 4. The molecule has 31 heavy (non-hydrogen) atoms. The maximum absolute atomic E-state index is 6.43. The largest absolute Gasteiger partial charge is 0.472 e. The van der Waals surface area contributed by atoms with Crippen molar-refractivity contribution in [3.63, 3.8) is 0 Å². The molecule has 0 saturated carbocycles. The standard InChI is InChI=1S/C25H27N5O/c1-18-19(2)30(15-20-7-4-3-5-8-20)24-23(18)25(28-17-27-24)31-22-10-12-29(16-22)14-21-9-6-11-26-13-21/h3-9,11,13,17,22H,10,12,14-16H2,1-2H3. The molecule has 1 saturated heterocycles. The molecule has 1 atom stereocenters. The molecule has 4 aromatic rings. The minimum atomic E-state index is 0.131. The summed E-state index contributed by atoms with van der Waals surface area (Å²) in [5.74, 6) is 0.700. The van der Waals surface area contributed by atoms with Gasteiger partial charge >= 0.3 is 0 Å². The molecule has 0 N–H and O–H groups in total. The number of likely N-dealkylation sites (tertiary alicyclic amines) is 1. The van der Waals surface area contributed by atoms with Crippen molar-refractivity contribution in [2.75, 3.05) is 13.1 Å². The summed E-state index contributed by atoms with van der Waals surface area (Å²) in [5.41, 5.74) is 5.82. The molecular formula is C25H27N5O. The summed E-state index contributed by atoms with van der Waals surface area (Å²) in [6.45, 7) is 7.88. The van der Waals surface area contributed by atoms with Crippen molar-refractivity contribution >= 4 is 11.0 Å². The summed E-state index contributed by atoms with van der Waals surface area (Å²) in [4.78, 5) is 15.8. The van der Waals surface area contributed by atoms with Gasteiger partial charge in [0.1, 0.15) is 18.1 Å². The van der Waals surface area contributed by atoms with Gasteiger partial charge in [-0.3, -0.25) is 9.88 Å². The Labute approximate surface area is 182 Å². The maximum Gasteiger partial charge on any atom is 0.226 e. The van der Waals surface area contributed by atoms with Gasteiger partial charge in [-0.05, 0) is 43.0 Å². The normalized spacial score (nSPS) is 16.8. The van der Waals surface area contributed by atoms with Crippen LogP contribution in [-0.2, 0) is 13.1 Å². The van der Waals surface area contributed by atoms with Gasteiger partial charge < -0.3 is 9.30 Å². The van der Waals surface area contributed by atoms with E-state index in [1.165, 1.54) is 22.4 Å². The predicted octanol–water partition coefficient (Wildman–Crippen LogP) is 4.14. The van der Waals surface area contributed by atoms with Gasteiger partial charge in [0.05, 0.1) is 5.39 Å². The molecule has 0 amide bonds. The number of rotatable bonds is 6. The van der Waals surface area contributed by atoms with E-state index in [1.54, 1.807) is 6.33 Å². The van der Waals surface area contributed by atoms with Crippen molar-refractivity contribution in [3.05, 3.63) is 83.6 Å². The quantitative estimate of drug-likeness (QED) is 0.475. The fourth-order valence-corrected chi connectivity index (χ4v) is 4.43. The van der Waals surface area contributed by atoms with Gasteiger partial charge in [-0.1, -0.05) is 36.4 Å². The first-order valence-corrected chi connectivity index (χ1v) is 10.8. The molecule has 1 aliphatic rings. The van der Waals surface area contributed by atoms with Crippen LogP contribution in [0.3, 0.4) is 0 Å². The second-order valence-corrected chi connectivity index (χ2v) is 8.28. The Balaban J connectivity index is 1.37.